The number of hydrogen-bond acceptors (Lipinski definition) is 4. The van der Waals surface area contributed by atoms with Crippen LogP contribution in [0.5, 0.6) is 0 Å². The fraction of sp³-hybridized carbons (Fsp3) is 0.261. The van der Waals surface area contributed by atoms with E-state index in [2.05, 4.69) is 9.97 Å². The molecule has 2 aromatic carbocycles. The number of nitrogens with zero attached hydrogens (tertiary/aromatic N) is 3. The van der Waals surface area contributed by atoms with E-state index < -0.39 is 41.7 Å². The Bertz CT molecular complexity index is 1230. The van der Waals surface area contributed by atoms with E-state index in [-0.39, 0.29) is 28.0 Å². The van der Waals surface area contributed by atoms with Crippen LogP contribution in [0.15, 0.2) is 47.8 Å². The molecule has 3 aromatic rings. The Balaban J connectivity index is 2.03. The van der Waals surface area contributed by atoms with E-state index in [1.165, 1.54) is 31.4 Å². The van der Waals surface area contributed by atoms with Gasteiger partial charge in [-0.2, -0.15) is 26.3 Å². The highest BCUT2D eigenvalue weighted by atomic mass is 32.2. The molecular weight excluding hydrogens is 499 g/mol. The molecule has 3 rings (SSSR count). The summed E-state index contributed by atoms with van der Waals surface area (Å²) in [5, 5.41) is 0.226. The van der Waals surface area contributed by atoms with E-state index in [1.54, 1.807) is 13.2 Å². The number of carbonyl (C=O) groups is 1. The number of aryl methyl sites for hydroxylation is 1. The zero-order valence-corrected chi connectivity index (χ0v) is 19.4. The summed E-state index contributed by atoms with van der Waals surface area (Å²) in [6, 6.07) is 5.02. The number of thioether (sulfide) groups is 1. The first-order valence-electron chi connectivity index (χ1n) is 9.92. The van der Waals surface area contributed by atoms with E-state index in [0.717, 1.165) is 16.7 Å². The number of amides is 1. The summed E-state index contributed by atoms with van der Waals surface area (Å²) in [6.07, 6.45) is -6.98. The van der Waals surface area contributed by atoms with Crippen LogP contribution in [0.25, 0.3) is 11.1 Å². The van der Waals surface area contributed by atoms with Gasteiger partial charge in [0.2, 0.25) is 0 Å². The number of halogens is 7. The molecule has 4 nitrogen and oxygen atoms in total. The fourth-order valence-corrected chi connectivity index (χ4v) is 3.73. The maximum atomic E-state index is 13.6. The van der Waals surface area contributed by atoms with Crippen molar-refractivity contribution in [1.82, 2.24) is 14.9 Å². The lowest BCUT2D eigenvalue weighted by Gasteiger charge is -2.21. The van der Waals surface area contributed by atoms with Gasteiger partial charge in [-0.05, 0) is 60.2 Å². The van der Waals surface area contributed by atoms with Crippen molar-refractivity contribution in [3.05, 3.63) is 76.4 Å². The summed E-state index contributed by atoms with van der Waals surface area (Å²) < 4.78 is 92.7. The number of rotatable bonds is 5. The van der Waals surface area contributed by atoms with Gasteiger partial charge < -0.3 is 4.90 Å². The molecule has 0 bridgehead atoms. The third kappa shape index (κ3) is 6.11. The molecule has 0 atom stereocenters. The summed E-state index contributed by atoms with van der Waals surface area (Å²) in [5.74, 6) is -1.25. The first kappa shape index (κ1) is 26.5. The average molecular weight is 517 g/mol. The highest BCUT2D eigenvalue weighted by Crippen LogP contribution is 2.37. The zero-order valence-electron chi connectivity index (χ0n) is 18.6. The second-order valence-corrected chi connectivity index (χ2v) is 8.43. The SMILES string of the molecule is CSc1ncc(-c2ccc(F)cc2C)c(C(=O)N(C)Cc2cc(C(F)(F)F)cc(C(F)(F)F)c2)n1. The van der Waals surface area contributed by atoms with Crippen LogP contribution in [0, 0.1) is 12.7 Å². The predicted octanol–water partition coefficient (Wildman–Crippen LogP) is 6.62. The van der Waals surface area contributed by atoms with Gasteiger partial charge in [0, 0.05) is 25.4 Å². The van der Waals surface area contributed by atoms with Crippen LogP contribution in [0.1, 0.15) is 32.7 Å². The third-order valence-corrected chi connectivity index (χ3v) is 5.61. The van der Waals surface area contributed by atoms with E-state index in [4.69, 9.17) is 0 Å². The Labute approximate surface area is 200 Å². The van der Waals surface area contributed by atoms with Gasteiger partial charge in [-0.3, -0.25) is 4.79 Å². The maximum absolute atomic E-state index is 13.6. The van der Waals surface area contributed by atoms with Crippen molar-refractivity contribution >= 4 is 17.7 Å². The van der Waals surface area contributed by atoms with Crippen molar-refractivity contribution in [2.45, 2.75) is 31.0 Å². The van der Waals surface area contributed by atoms with Crippen LogP contribution in [0.4, 0.5) is 30.7 Å². The Morgan fingerprint density at radius 3 is 2.09 bits per heavy atom. The predicted molar refractivity (Wildman–Crippen MR) is 116 cm³/mol. The topological polar surface area (TPSA) is 46.1 Å². The number of benzene rings is 2. The van der Waals surface area contributed by atoms with Gasteiger partial charge >= 0.3 is 12.4 Å². The molecule has 0 aliphatic rings. The van der Waals surface area contributed by atoms with E-state index in [1.807, 2.05) is 0 Å². The number of alkyl halides is 6. The van der Waals surface area contributed by atoms with Crippen LogP contribution in [0.2, 0.25) is 0 Å². The van der Waals surface area contributed by atoms with Gasteiger partial charge in [-0.1, -0.05) is 17.8 Å². The van der Waals surface area contributed by atoms with Crippen molar-refractivity contribution in [1.29, 1.82) is 0 Å². The Morgan fingerprint density at radius 1 is 0.971 bits per heavy atom. The van der Waals surface area contributed by atoms with Crippen LogP contribution in [-0.4, -0.2) is 34.1 Å². The largest absolute Gasteiger partial charge is 0.416 e. The molecule has 0 spiro atoms. The molecule has 0 radical (unpaired) electrons. The molecule has 0 N–H and O–H groups in total. The van der Waals surface area contributed by atoms with Gasteiger partial charge in [0.05, 0.1) is 11.1 Å². The van der Waals surface area contributed by atoms with Crippen LogP contribution < -0.4 is 0 Å². The Kier molecular flexibility index (Phi) is 7.44. The summed E-state index contributed by atoms with van der Waals surface area (Å²) in [7, 11) is 1.23. The van der Waals surface area contributed by atoms with Crippen molar-refractivity contribution < 1.29 is 35.5 Å². The molecule has 0 aliphatic carbocycles. The van der Waals surface area contributed by atoms with Crippen LogP contribution in [0.3, 0.4) is 0 Å². The van der Waals surface area contributed by atoms with Crippen LogP contribution >= 0.6 is 11.8 Å². The molecule has 0 fully saturated rings. The highest BCUT2D eigenvalue weighted by Gasteiger charge is 2.37. The summed E-state index contributed by atoms with van der Waals surface area (Å²) in [4.78, 5) is 22.6. The fourth-order valence-electron chi connectivity index (χ4n) is 3.39. The molecule has 0 saturated carbocycles. The summed E-state index contributed by atoms with van der Waals surface area (Å²) in [6.45, 7) is 1.06. The Morgan fingerprint density at radius 2 is 1.57 bits per heavy atom. The van der Waals surface area contributed by atoms with Crippen molar-refractivity contribution in [3.8, 4) is 11.1 Å². The first-order chi connectivity index (χ1) is 16.2. The number of hydrogen-bond donors (Lipinski definition) is 0. The van der Waals surface area contributed by atoms with Crippen molar-refractivity contribution in [3.63, 3.8) is 0 Å². The normalized spacial score (nSPS) is 12.1. The molecule has 186 valence electrons. The lowest BCUT2D eigenvalue weighted by atomic mass is 9.99. The maximum Gasteiger partial charge on any atom is 0.416 e. The molecule has 0 unspecified atom stereocenters. The smallest absolute Gasteiger partial charge is 0.336 e. The molecule has 1 amide bonds. The van der Waals surface area contributed by atoms with Gasteiger partial charge in [0.25, 0.3) is 5.91 Å². The second kappa shape index (κ2) is 9.84. The van der Waals surface area contributed by atoms with Gasteiger partial charge in [0.15, 0.2) is 5.16 Å². The van der Waals surface area contributed by atoms with E-state index in [0.29, 0.717) is 23.3 Å². The molecule has 0 saturated heterocycles. The standard InChI is InChI=1S/C23H18F7N3OS/c1-12-6-16(24)4-5-17(12)18-10-31-21(35-3)32-19(18)20(34)33(2)11-13-7-14(22(25,26)27)9-15(8-13)23(28,29)30/h4-10H,11H2,1-3H3. The first-order valence-corrected chi connectivity index (χ1v) is 11.1. The quantitative estimate of drug-likeness (QED) is 0.217. The monoisotopic (exact) mass is 517 g/mol. The molecule has 35 heavy (non-hydrogen) atoms. The van der Waals surface area contributed by atoms with Crippen molar-refractivity contribution in [2.24, 2.45) is 0 Å². The van der Waals surface area contributed by atoms with Gasteiger partial charge in [-0.25, -0.2) is 14.4 Å². The zero-order chi connectivity index (χ0) is 26.1. The molecular formula is C23H18F7N3OS. The molecule has 1 heterocycles. The second-order valence-electron chi connectivity index (χ2n) is 7.65. The van der Waals surface area contributed by atoms with Gasteiger partial charge in [-0.15, -0.1) is 0 Å². The average Bonchev–Trinajstić information content (AvgIpc) is 2.77. The number of aromatic nitrogens is 2. The summed E-state index contributed by atoms with van der Waals surface area (Å²) >= 11 is 1.13. The lowest BCUT2D eigenvalue weighted by molar-refractivity contribution is -0.143. The Hall–Kier alpha value is -3.15. The highest BCUT2D eigenvalue weighted by molar-refractivity contribution is 7.98. The minimum atomic E-state index is -5.01. The number of carbonyl (C=O) groups excluding carboxylic acids is 1. The van der Waals surface area contributed by atoms with Gasteiger partial charge in [0.1, 0.15) is 11.5 Å². The lowest BCUT2D eigenvalue weighted by Crippen LogP contribution is -2.28. The summed E-state index contributed by atoms with van der Waals surface area (Å²) in [5.41, 5.74) is -2.25. The van der Waals surface area contributed by atoms with Crippen molar-refractivity contribution in [2.75, 3.05) is 13.3 Å². The van der Waals surface area contributed by atoms with Crippen LogP contribution in [-0.2, 0) is 18.9 Å². The molecule has 0 aliphatic heterocycles. The van der Waals surface area contributed by atoms with E-state index in [9.17, 15) is 35.5 Å². The third-order valence-electron chi connectivity index (χ3n) is 5.04. The molecule has 1 aromatic heterocycles. The minimum absolute atomic E-state index is 0.0237. The molecule has 12 heteroatoms. The minimum Gasteiger partial charge on any atom is -0.336 e. The van der Waals surface area contributed by atoms with E-state index >= 15 is 0 Å².